The molecule has 18 heavy (non-hydrogen) atoms. The predicted molar refractivity (Wildman–Crippen MR) is 70.5 cm³/mol. The molecule has 0 aliphatic carbocycles. The van der Waals surface area contributed by atoms with E-state index in [1.165, 1.54) is 0 Å². The van der Waals surface area contributed by atoms with E-state index in [4.69, 9.17) is 0 Å². The quantitative estimate of drug-likeness (QED) is 0.896. The topological polar surface area (TPSA) is 51.1 Å². The molecule has 2 rings (SSSR count). The highest BCUT2D eigenvalue weighted by molar-refractivity contribution is 5.93. The predicted octanol–water partition coefficient (Wildman–Crippen LogP) is 2.20. The van der Waals surface area contributed by atoms with E-state index in [2.05, 4.69) is 5.32 Å². The molecule has 0 fully saturated rings. The molecule has 0 aliphatic rings. The summed E-state index contributed by atoms with van der Waals surface area (Å²) >= 11 is 0. The van der Waals surface area contributed by atoms with Crippen LogP contribution < -0.4 is 5.32 Å². The highest BCUT2D eigenvalue weighted by Gasteiger charge is 2.10. The first kappa shape index (κ1) is 12.4. The first-order chi connectivity index (χ1) is 8.72. The Kier molecular flexibility index (Phi) is 3.77. The standard InChI is InChI=1S/C14H16N2O2/c1-2-15-13(17)7-8-14(18)16-10-9-11-5-3-4-6-12(11)16/h3-6,9-10H,2,7-8H2,1H3,(H,15,17). The van der Waals surface area contributed by atoms with Crippen LogP contribution in [0.15, 0.2) is 36.5 Å². The van der Waals surface area contributed by atoms with Crippen molar-refractivity contribution in [2.24, 2.45) is 0 Å². The fourth-order valence-electron chi connectivity index (χ4n) is 1.93. The van der Waals surface area contributed by atoms with Gasteiger partial charge in [-0.2, -0.15) is 0 Å². The smallest absolute Gasteiger partial charge is 0.231 e. The van der Waals surface area contributed by atoms with Gasteiger partial charge in [-0.25, -0.2) is 0 Å². The molecule has 0 unspecified atom stereocenters. The van der Waals surface area contributed by atoms with Crippen molar-refractivity contribution in [2.75, 3.05) is 6.54 Å². The molecule has 1 aromatic carbocycles. The highest BCUT2D eigenvalue weighted by atomic mass is 16.2. The summed E-state index contributed by atoms with van der Waals surface area (Å²) < 4.78 is 1.61. The first-order valence-electron chi connectivity index (χ1n) is 6.08. The third kappa shape index (κ3) is 2.59. The number of para-hydroxylation sites is 1. The minimum absolute atomic E-state index is 0.0533. The van der Waals surface area contributed by atoms with Gasteiger partial charge >= 0.3 is 0 Å². The number of rotatable bonds is 4. The van der Waals surface area contributed by atoms with E-state index >= 15 is 0 Å². The van der Waals surface area contributed by atoms with Crippen molar-refractivity contribution >= 4 is 22.7 Å². The van der Waals surface area contributed by atoms with Crippen molar-refractivity contribution in [3.63, 3.8) is 0 Å². The van der Waals surface area contributed by atoms with E-state index in [0.29, 0.717) is 6.54 Å². The van der Waals surface area contributed by atoms with Gasteiger partial charge in [0.25, 0.3) is 0 Å². The van der Waals surface area contributed by atoms with Crippen LogP contribution in [0.3, 0.4) is 0 Å². The van der Waals surface area contributed by atoms with Gasteiger partial charge in [0.15, 0.2) is 0 Å². The molecule has 0 atom stereocenters. The number of hydrogen-bond acceptors (Lipinski definition) is 2. The third-order valence-corrected chi connectivity index (χ3v) is 2.81. The number of benzene rings is 1. The first-order valence-corrected chi connectivity index (χ1v) is 6.08. The maximum atomic E-state index is 12.0. The Labute approximate surface area is 106 Å². The molecule has 0 bridgehead atoms. The lowest BCUT2D eigenvalue weighted by Gasteiger charge is -2.04. The number of nitrogens with one attached hydrogen (secondary N) is 1. The van der Waals surface area contributed by atoms with Gasteiger partial charge in [-0.05, 0) is 19.1 Å². The van der Waals surface area contributed by atoms with Crippen LogP contribution in [0.25, 0.3) is 10.9 Å². The average molecular weight is 244 g/mol. The second-order valence-electron chi connectivity index (χ2n) is 4.09. The number of amides is 1. The fraction of sp³-hybridized carbons (Fsp3) is 0.286. The normalized spacial score (nSPS) is 10.5. The third-order valence-electron chi connectivity index (χ3n) is 2.81. The van der Waals surface area contributed by atoms with E-state index in [1.807, 2.05) is 37.3 Å². The second-order valence-corrected chi connectivity index (χ2v) is 4.09. The molecule has 0 aliphatic heterocycles. The molecule has 0 saturated carbocycles. The van der Waals surface area contributed by atoms with Crippen LogP contribution in [0, 0.1) is 0 Å². The van der Waals surface area contributed by atoms with Gasteiger partial charge in [-0.15, -0.1) is 0 Å². The van der Waals surface area contributed by atoms with Gasteiger partial charge in [-0.1, -0.05) is 18.2 Å². The number of aromatic nitrogens is 1. The van der Waals surface area contributed by atoms with E-state index in [9.17, 15) is 9.59 Å². The molecule has 0 radical (unpaired) electrons. The Morgan fingerprint density at radius 2 is 1.94 bits per heavy atom. The molecule has 1 amide bonds. The summed E-state index contributed by atoms with van der Waals surface area (Å²) in [6.07, 6.45) is 2.22. The van der Waals surface area contributed by atoms with Crippen molar-refractivity contribution in [1.82, 2.24) is 9.88 Å². The summed E-state index contributed by atoms with van der Waals surface area (Å²) in [4.78, 5) is 23.3. The Balaban J connectivity index is 2.07. The number of nitrogens with zero attached hydrogens (tertiary/aromatic N) is 1. The largest absolute Gasteiger partial charge is 0.356 e. The molecular weight excluding hydrogens is 228 g/mol. The van der Waals surface area contributed by atoms with Crippen LogP contribution in [0.1, 0.15) is 24.6 Å². The maximum absolute atomic E-state index is 12.0. The molecule has 0 saturated heterocycles. The Morgan fingerprint density at radius 3 is 2.72 bits per heavy atom. The van der Waals surface area contributed by atoms with Gasteiger partial charge in [0, 0.05) is 31.0 Å². The lowest BCUT2D eigenvalue weighted by Crippen LogP contribution is -2.23. The van der Waals surface area contributed by atoms with E-state index < -0.39 is 0 Å². The summed E-state index contributed by atoms with van der Waals surface area (Å²) in [5.41, 5.74) is 0.887. The second kappa shape index (κ2) is 5.49. The van der Waals surface area contributed by atoms with Crippen LogP contribution in [0.2, 0.25) is 0 Å². The Bertz CT molecular complexity index is 572. The van der Waals surface area contributed by atoms with Crippen LogP contribution in [0.5, 0.6) is 0 Å². The zero-order valence-corrected chi connectivity index (χ0v) is 10.3. The van der Waals surface area contributed by atoms with E-state index in [0.717, 1.165) is 10.9 Å². The fourth-order valence-corrected chi connectivity index (χ4v) is 1.93. The van der Waals surface area contributed by atoms with Crippen molar-refractivity contribution in [2.45, 2.75) is 19.8 Å². The lowest BCUT2D eigenvalue weighted by molar-refractivity contribution is -0.120. The van der Waals surface area contributed by atoms with Crippen molar-refractivity contribution in [3.05, 3.63) is 36.5 Å². The van der Waals surface area contributed by atoms with Crippen molar-refractivity contribution in [3.8, 4) is 0 Å². The number of carbonyl (C=O) groups is 2. The molecular formula is C14H16N2O2. The Hall–Kier alpha value is -2.10. The van der Waals surface area contributed by atoms with Crippen LogP contribution in [-0.4, -0.2) is 22.9 Å². The van der Waals surface area contributed by atoms with Gasteiger partial charge in [-0.3, -0.25) is 14.2 Å². The molecule has 1 heterocycles. The SMILES string of the molecule is CCNC(=O)CCC(=O)n1ccc2ccccc21. The van der Waals surface area contributed by atoms with Crippen LogP contribution in [-0.2, 0) is 4.79 Å². The van der Waals surface area contributed by atoms with E-state index in [-0.39, 0.29) is 24.7 Å². The van der Waals surface area contributed by atoms with Crippen LogP contribution in [0.4, 0.5) is 0 Å². The van der Waals surface area contributed by atoms with E-state index in [1.54, 1.807) is 10.8 Å². The molecule has 4 heteroatoms. The average Bonchev–Trinajstić information content (AvgIpc) is 2.80. The molecule has 4 nitrogen and oxygen atoms in total. The molecule has 2 aromatic rings. The maximum Gasteiger partial charge on any atom is 0.231 e. The van der Waals surface area contributed by atoms with Gasteiger partial charge < -0.3 is 5.32 Å². The summed E-state index contributed by atoms with van der Waals surface area (Å²) in [5.74, 6) is -0.134. The summed E-state index contributed by atoms with van der Waals surface area (Å²) in [5, 5.41) is 3.71. The zero-order valence-electron chi connectivity index (χ0n) is 10.3. The summed E-state index contributed by atoms with van der Waals surface area (Å²) in [6, 6.07) is 9.60. The number of hydrogen-bond donors (Lipinski definition) is 1. The Morgan fingerprint density at radius 1 is 1.17 bits per heavy atom. The molecule has 1 aromatic heterocycles. The van der Waals surface area contributed by atoms with Crippen molar-refractivity contribution in [1.29, 1.82) is 0 Å². The molecule has 1 N–H and O–H groups in total. The van der Waals surface area contributed by atoms with Gasteiger partial charge in [0.2, 0.25) is 11.8 Å². The minimum atomic E-state index is -0.0812. The van der Waals surface area contributed by atoms with Gasteiger partial charge in [0.05, 0.1) is 5.52 Å². The van der Waals surface area contributed by atoms with Gasteiger partial charge in [0.1, 0.15) is 0 Å². The zero-order chi connectivity index (χ0) is 13.0. The number of fused-ring (bicyclic) bond motifs is 1. The minimum Gasteiger partial charge on any atom is -0.356 e. The van der Waals surface area contributed by atoms with Crippen molar-refractivity contribution < 1.29 is 9.59 Å². The molecule has 94 valence electrons. The highest BCUT2D eigenvalue weighted by Crippen LogP contribution is 2.15. The lowest BCUT2D eigenvalue weighted by atomic mass is 10.2. The summed E-state index contributed by atoms with van der Waals surface area (Å²) in [6.45, 7) is 2.46. The number of carbonyl (C=O) groups excluding carboxylic acids is 2. The van der Waals surface area contributed by atoms with Crippen LogP contribution >= 0.6 is 0 Å². The molecule has 0 spiro atoms. The monoisotopic (exact) mass is 244 g/mol. The summed E-state index contributed by atoms with van der Waals surface area (Å²) in [7, 11) is 0.